The third-order valence-corrected chi connectivity index (χ3v) is 4.69. The number of imidazole rings is 2. The normalized spacial score (nSPS) is 11.9. The van der Waals surface area contributed by atoms with Gasteiger partial charge in [-0.25, -0.2) is 14.5 Å². The number of hydrogen-bond acceptors (Lipinski definition) is 5. The summed E-state index contributed by atoms with van der Waals surface area (Å²) in [6, 6.07) is -0.0636. The van der Waals surface area contributed by atoms with Crippen molar-refractivity contribution in [2.45, 2.75) is 46.7 Å². The first kappa shape index (κ1) is 18.1. The predicted octanol–water partition coefficient (Wildman–Crippen LogP) is 2.77. The summed E-state index contributed by atoms with van der Waals surface area (Å²) >= 11 is 0. The van der Waals surface area contributed by atoms with Crippen molar-refractivity contribution in [2.24, 2.45) is 5.92 Å². The average Bonchev–Trinajstić information content (AvgIpc) is 3.38. The lowest BCUT2D eigenvalue weighted by Crippen LogP contribution is -2.27. The molecule has 0 spiro atoms. The molecule has 0 aromatic carbocycles. The fourth-order valence-corrected chi connectivity index (χ4v) is 3.19. The smallest absolute Gasteiger partial charge is 0.297 e. The van der Waals surface area contributed by atoms with E-state index in [4.69, 9.17) is 5.10 Å². The van der Waals surface area contributed by atoms with Gasteiger partial charge in [0.25, 0.3) is 5.56 Å². The van der Waals surface area contributed by atoms with E-state index in [1.807, 2.05) is 24.7 Å². The minimum Gasteiger partial charge on any atom is -0.343 e. The van der Waals surface area contributed by atoms with E-state index < -0.39 is 0 Å². The van der Waals surface area contributed by atoms with Crippen LogP contribution in [0.3, 0.4) is 0 Å². The molecule has 146 valence electrons. The summed E-state index contributed by atoms with van der Waals surface area (Å²) in [7, 11) is 0. The highest BCUT2D eigenvalue weighted by Gasteiger charge is 2.20. The van der Waals surface area contributed by atoms with E-state index in [9.17, 15) is 4.79 Å². The van der Waals surface area contributed by atoms with Gasteiger partial charge in [0, 0.05) is 18.8 Å². The van der Waals surface area contributed by atoms with Crippen molar-refractivity contribution in [3.8, 4) is 22.8 Å². The lowest BCUT2D eigenvalue weighted by atomic mass is 10.1. The molecule has 0 aliphatic carbocycles. The highest BCUT2D eigenvalue weighted by Crippen LogP contribution is 2.22. The van der Waals surface area contributed by atoms with E-state index in [1.165, 1.54) is 0 Å². The van der Waals surface area contributed by atoms with Gasteiger partial charge in [-0.05, 0) is 26.2 Å². The van der Waals surface area contributed by atoms with Crippen LogP contribution in [0.25, 0.3) is 28.4 Å². The molecule has 4 heterocycles. The molecule has 0 aliphatic rings. The summed E-state index contributed by atoms with van der Waals surface area (Å²) in [4.78, 5) is 24.6. The van der Waals surface area contributed by atoms with Gasteiger partial charge in [-0.15, -0.1) is 5.10 Å². The summed E-state index contributed by atoms with van der Waals surface area (Å²) in [6.07, 6.45) is 9.65. The molecule has 0 fully saturated rings. The van der Waals surface area contributed by atoms with Gasteiger partial charge in [0.1, 0.15) is 5.69 Å². The van der Waals surface area contributed by atoms with Crippen LogP contribution in [-0.2, 0) is 6.54 Å². The van der Waals surface area contributed by atoms with Gasteiger partial charge >= 0.3 is 0 Å². The number of nitrogens with one attached hydrogen (secondary N) is 1. The zero-order valence-corrected chi connectivity index (χ0v) is 16.5. The molecule has 0 unspecified atom stereocenters. The minimum absolute atomic E-state index is 0.0636. The van der Waals surface area contributed by atoms with Gasteiger partial charge < -0.3 is 4.98 Å². The highest BCUT2D eigenvalue weighted by molar-refractivity contribution is 5.60. The van der Waals surface area contributed by atoms with Crippen molar-refractivity contribution in [3.63, 3.8) is 0 Å². The quantitative estimate of drug-likeness (QED) is 0.554. The minimum atomic E-state index is -0.180. The topological polar surface area (TPSA) is 98.7 Å². The Balaban J connectivity index is 1.88. The van der Waals surface area contributed by atoms with E-state index in [0.29, 0.717) is 17.4 Å². The van der Waals surface area contributed by atoms with Crippen molar-refractivity contribution in [1.29, 1.82) is 0 Å². The third kappa shape index (κ3) is 3.12. The van der Waals surface area contributed by atoms with Crippen molar-refractivity contribution in [3.05, 3.63) is 41.5 Å². The Labute approximate surface area is 162 Å². The zero-order valence-electron chi connectivity index (χ0n) is 16.5. The average molecular weight is 380 g/mol. The van der Waals surface area contributed by atoms with E-state index in [0.717, 1.165) is 24.2 Å². The highest BCUT2D eigenvalue weighted by atomic mass is 16.1. The predicted molar refractivity (Wildman–Crippen MR) is 106 cm³/mol. The number of rotatable bonds is 6. The zero-order chi connectivity index (χ0) is 19.8. The molecule has 9 heteroatoms. The fraction of sp³-hybridized carbons (Fsp3) is 0.421. The SMILES string of the molecule is CC(C)CCn1cc(-c2nn3c(-c4cnc[nH]4)cnc3c(=O)n2C(C)C)cn1. The standard InChI is InChI=1S/C19H24N8O/c1-12(2)5-6-25-10-14(7-23-25)17-24-27-16(15-8-20-11-22-15)9-21-18(27)19(28)26(17)13(3)4/h7-13H,5-6H2,1-4H3,(H,20,22). The maximum Gasteiger partial charge on any atom is 0.297 e. The second-order valence-electron chi connectivity index (χ2n) is 7.61. The Bertz CT molecular complexity index is 1150. The molecule has 0 amide bonds. The molecule has 1 N–H and O–H groups in total. The van der Waals surface area contributed by atoms with Crippen LogP contribution in [0.2, 0.25) is 0 Å². The summed E-state index contributed by atoms with van der Waals surface area (Å²) in [5.74, 6) is 1.17. The van der Waals surface area contributed by atoms with Crippen LogP contribution >= 0.6 is 0 Å². The van der Waals surface area contributed by atoms with Crippen LogP contribution in [-0.4, -0.2) is 38.9 Å². The van der Waals surface area contributed by atoms with E-state index >= 15 is 0 Å². The molecule has 0 aliphatic heterocycles. The maximum absolute atomic E-state index is 13.2. The molecule has 0 atom stereocenters. The molecular weight excluding hydrogens is 356 g/mol. The van der Waals surface area contributed by atoms with Gasteiger partial charge in [0.2, 0.25) is 5.65 Å². The van der Waals surface area contributed by atoms with Crippen LogP contribution in [0.4, 0.5) is 0 Å². The molecule has 28 heavy (non-hydrogen) atoms. The van der Waals surface area contributed by atoms with Gasteiger partial charge in [-0.1, -0.05) is 13.8 Å². The van der Waals surface area contributed by atoms with Crippen LogP contribution in [0.15, 0.2) is 35.9 Å². The number of aryl methyl sites for hydroxylation is 1. The molecule has 4 aromatic rings. The first-order valence-corrected chi connectivity index (χ1v) is 9.47. The second-order valence-corrected chi connectivity index (χ2v) is 7.61. The first-order chi connectivity index (χ1) is 13.5. The van der Waals surface area contributed by atoms with Gasteiger partial charge in [0.05, 0.1) is 36.2 Å². The number of fused-ring (bicyclic) bond motifs is 1. The Kier molecular flexibility index (Phi) is 4.58. The third-order valence-electron chi connectivity index (χ3n) is 4.69. The van der Waals surface area contributed by atoms with Gasteiger partial charge in [-0.3, -0.25) is 14.0 Å². The van der Waals surface area contributed by atoms with Crippen LogP contribution < -0.4 is 5.56 Å². The summed E-state index contributed by atoms with van der Waals surface area (Å²) in [5, 5.41) is 9.22. The number of aromatic nitrogens is 8. The van der Waals surface area contributed by atoms with Crippen molar-refractivity contribution in [1.82, 2.24) is 38.9 Å². The summed E-state index contributed by atoms with van der Waals surface area (Å²) in [5.41, 5.74) is 2.35. The summed E-state index contributed by atoms with van der Waals surface area (Å²) < 4.78 is 5.15. The van der Waals surface area contributed by atoms with Crippen LogP contribution in [0, 0.1) is 5.92 Å². The van der Waals surface area contributed by atoms with E-state index in [2.05, 4.69) is 33.9 Å². The monoisotopic (exact) mass is 380 g/mol. The van der Waals surface area contributed by atoms with Gasteiger partial charge in [-0.2, -0.15) is 5.10 Å². The summed E-state index contributed by atoms with van der Waals surface area (Å²) in [6.45, 7) is 9.13. The Morgan fingerprint density at radius 3 is 2.64 bits per heavy atom. The number of nitrogens with zero attached hydrogens (tertiary/aromatic N) is 7. The van der Waals surface area contributed by atoms with Crippen molar-refractivity contribution in [2.75, 3.05) is 0 Å². The number of hydrogen-bond donors (Lipinski definition) is 1. The van der Waals surface area contributed by atoms with Crippen molar-refractivity contribution >= 4 is 5.65 Å². The molecule has 4 rings (SSSR count). The molecular formula is C19H24N8O. The van der Waals surface area contributed by atoms with E-state index in [-0.39, 0.29) is 17.2 Å². The number of H-pyrrole nitrogens is 1. The molecule has 9 nitrogen and oxygen atoms in total. The van der Waals surface area contributed by atoms with E-state index in [1.54, 1.807) is 34.0 Å². The van der Waals surface area contributed by atoms with Crippen LogP contribution in [0.5, 0.6) is 0 Å². The lowest BCUT2D eigenvalue weighted by molar-refractivity contribution is 0.487. The van der Waals surface area contributed by atoms with Crippen LogP contribution in [0.1, 0.15) is 40.2 Å². The second kappa shape index (κ2) is 7.06. The Hall–Kier alpha value is -3.23. The largest absolute Gasteiger partial charge is 0.343 e. The Morgan fingerprint density at radius 1 is 1.14 bits per heavy atom. The lowest BCUT2D eigenvalue weighted by Gasteiger charge is -2.15. The maximum atomic E-state index is 13.2. The fourth-order valence-electron chi connectivity index (χ4n) is 3.19. The Morgan fingerprint density at radius 2 is 1.96 bits per heavy atom. The molecule has 0 saturated heterocycles. The number of aromatic amines is 1. The van der Waals surface area contributed by atoms with Crippen molar-refractivity contribution < 1.29 is 0 Å². The molecule has 0 saturated carbocycles. The molecule has 4 aromatic heterocycles. The molecule has 0 bridgehead atoms. The van der Waals surface area contributed by atoms with Gasteiger partial charge in [0.15, 0.2) is 5.82 Å². The first-order valence-electron chi connectivity index (χ1n) is 9.47. The molecule has 0 radical (unpaired) electrons.